The first-order valence-electron chi connectivity index (χ1n) is 9.40. The van der Waals surface area contributed by atoms with Crippen molar-refractivity contribution in [3.8, 4) is 16.9 Å². The van der Waals surface area contributed by atoms with E-state index in [9.17, 15) is 13.2 Å². The van der Waals surface area contributed by atoms with Crippen molar-refractivity contribution in [3.63, 3.8) is 0 Å². The van der Waals surface area contributed by atoms with E-state index in [1.54, 1.807) is 0 Å². The summed E-state index contributed by atoms with van der Waals surface area (Å²) in [7, 11) is 0. The SMILES string of the molecule is Cc1cc(-c2cc(Cl)cc(C)c2OC2CCNCC2)c(C)cn1.O=C(O)C(F)(F)F. The Labute approximate surface area is 178 Å². The van der Waals surface area contributed by atoms with Gasteiger partial charge in [-0.25, -0.2) is 4.79 Å². The van der Waals surface area contributed by atoms with Gasteiger partial charge < -0.3 is 15.2 Å². The zero-order chi connectivity index (χ0) is 22.5. The Kier molecular flexibility index (Phi) is 8.09. The van der Waals surface area contributed by atoms with Gasteiger partial charge in [0.15, 0.2) is 0 Å². The fraction of sp³-hybridized carbons (Fsp3) is 0.429. The molecule has 0 radical (unpaired) electrons. The number of aryl methyl sites for hydroxylation is 3. The van der Waals surface area contributed by atoms with E-state index in [1.807, 2.05) is 25.3 Å². The molecule has 164 valence electrons. The summed E-state index contributed by atoms with van der Waals surface area (Å²) >= 11 is 6.33. The summed E-state index contributed by atoms with van der Waals surface area (Å²) in [6, 6.07) is 6.09. The molecule has 0 bridgehead atoms. The molecule has 0 aliphatic carbocycles. The van der Waals surface area contributed by atoms with Gasteiger partial charge in [0, 0.05) is 22.5 Å². The van der Waals surface area contributed by atoms with Gasteiger partial charge in [-0.15, -0.1) is 0 Å². The van der Waals surface area contributed by atoms with Crippen LogP contribution in [0.15, 0.2) is 24.4 Å². The molecule has 2 N–H and O–H groups in total. The lowest BCUT2D eigenvalue weighted by molar-refractivity contribution is -0.192. The van der Waals surface area contributed by atoms with E-state index in [0.29, 0.717) is 0 Å². The molecule has 1 aliphatic rings. The molecule has 0 saturated carbocycles. The van der Waals surface area contributed by atoms with E-state index in [4.69, 9.17) is 26.2 Å². The Morgan fingerprint density at radius 1 is 1.13 bits per heavy atom. The van der Waals surface area contributed by atoms with Gasteiger partial charge in [0.25, 0.3) is 0 Å². The molecule has 1 aliphatic heterocycles. The third-order valence-corrected chi connectivity index (χ3v) is 4.80. The minimum absolute atomic E-state index is 0.262. The highest BCUT2D eigenvalue weighted by Gasteiger charge is 2.38. The van der Waals surface area contributed by atoms with E-state index < -0.39 is 12.1 Å². The second-order valence-corrected chi connectivity index (χ2v) is 7.55. The first kappa shape index (κ1) is 24.0. The van der Waals surface area contributed by atoms with Crippen molar-refractivity contribution in [2.45, 2.75) is 45.9 Å². The van der Waals surface area contributed by atoms with Crippen molar-refractivity contribution in [2.24, 2.45) is 0 Å². The second kappa shape index (κ2) is 10.1. The predicted molar refractivity (Wildman–Crippen MR) is 109 cm³/mol. The number of hydrogen-bond acceptors (Lipinski definition) is 4. The minimum Gasteiger partial charge on any atom is -0.489 e. The Balaban J connectivity index is 0.000000396. The third kappa shape index (κ3) is 6.60. The van der Waals surface area contributed by atoms with Crippen LogP contribution in [0.3, 0.4) is 0 Å². The number of nitrogens with zero attached hydrogens (tertiary/aromatic N) is 1. The number of aromatic nitrogens is 1. The normalized spacial score (nSPS) is 14.6. The van der Waals surface area contributed by atoms with Crippen LogP contribution in [-0.4, -0.2) is 41.4 Å². The number of nitrogens with one attached hydrogen (secondary N) is 1. The van der Waals surface area contributed by atoms with Gasteiger partial charge >= 0.3 is 12.1 Å². The van der Waals surface area contributed by atoms with Crippen LogP contribution in [0.4, 0.5) is 13.2 Å². The lowest BCUT2D eigenvalue weighted by atomic mass is 9.98. The third-order valence-electron chi connectivity index (χ3n) is 4.58. The summed E-state index contributed by atoms with van der Waals surface area (Å²) in [6.45, 7) is 8.18. The molecular weight excluding hydrogens is 421 g/mol. The number of aliphatic carboxylic acids is 1. The van der Waals surface area contributed by atoms with Crippen molar-refractivity contribution in [3.05, 3.63) is 46.2 Å². The predicted octanol–water partition coefficient (Wildman–Crippen LogP) is 5.09. The van der Waals surface area contributed by atoms with E-state index in [2.05, 4.69) is 30.2 Å². The molecule has 5 nitrogen and oxygen atoms in total. The molecule has 1 fully saturated rings. The first-order valence-corrected chi connectivity index (χ1v) is 9.78. The number of halogens is 4. The molecule has 1 aromatic heterocycles. The molecule has 30 heavy (non-hydrogen) atoms. The lowest BCUT2D eigenvalue weighted by Gasteiger charge is -2.26. The number of carboxylic acids is 1. The number of benzene rings is 1. The van der Waals surface area contributed by atoms with Crippen molar-refractivity contribution < 1.29 is 27.8 Å². The molecular formula is C21H24ClF3N2O3. The van der Waals surface area contributed by atoms with Crippen molar-refractivity contribution >= 4 is 17.6 Å². The summed E-state index contributed by atoms with van der Waals surface area (Å²) in [5.41, 5.74) is 5.42. The van der Waals surface area contributed by atoms with E-state index >= 15 is 0 Å². The van der Waals surface area contributed by atoms with Crippen LogP contribution in [0.25, 0.3) is 11.1 Å². The van der Waals surface area contributed by atoms with Gasteiger partial charge in [-0.2, -0.15) is 13.2 Å². The number of hydrogen-bond donors (Lipinski definition) is 2. The van der Waals surface area contributed by atoms with Gasteiger partial charge in [-0.05, 0) is 81.6 Å². The van der Waals surface area contributed by atoms with Crippen LogP contribution < -0.4 is 10.1 Å². The highest BCUT2D eigenvalue weighted by Crippen LogP contribution is 2.38. The van der Waals surface area contributed by atoms with Crippen molar-refractivity contribution in [1.29, 1.82) is 0 Å². The fourth-order valence-electron chi connectivity index (χ4n) is 3.08. The van der Waals surface area contributed by atoms with Crippen molar-refractivity contribution in [2.75, 3.05) is 13.1 Å². The van der Waals surface area contributed by atoms with Gasteiger partial charge in [-0.3, -0.25) is 4.98 Å². The number of piperidine rings is 1. The van der Waals surface area contributed by atoms with Crippen LogP contribution >= 0.6 is 11.6 Å². The smallest absolute Gasteiger partial charge is 0.489 e. The molecule has 0 amide bonds. The molecule has 1 aromatic carbocycles. The molecule has 3 rings (SSSR count). The van der Waals surface area contributed by atoms with Gasteiger partial charge in [0.2, 0.25) is 0 Å². The molecule has 0 spiro atoms. The van der Waals surface area contributed by atoms with Crippen LogP contribution in [0.5, 0.6) is 5.75 Å². The summed E-state index contributed by atoms with van der Waals surface area (Å²) in [4.78, 5) is 13.3. The Morgan fingerprint density at radius 3 is 2.30 bits per heavy atom. The number of carbonyl (C=O) groups is 1. The molecule has 0 unspecified atom stereocenters. The largest absolute Gasteiger partial charge is 0.490 e. The topological polar surface area (TPSA) is 71.5 Å². The number of pyridine rings is 1. The van der Waals surface area contributed by atoms with Crippen LogP contribution in [0.2, 0.25) is 5.02 Å². The minimum atomic E-state index is -5.08. The van der Waals surface area contributed by atoms with Gasteiger partial charge in [0.1, 0.15) is 11.9 Å². The molecule has 0 atom stereocenters. The monoisotopic (exact) mass is 444 g/mol. The zero-order valence-corrected chi connectivity index (χ0v) is 17.7. The molecule has 2 heterocycles. The van der Waals surface area contributed by atoms with Crippen molar-refractivity contribution in [1.82, 2.24) is 10.3 Å². The first-order chi connectivity index (χ1) is 14.0. The number of rotatable bonds is 3. The highest BCUT2D eigenvalue weighted by molar-refractivity contribution is 6.31. The Hall–Kier alpha value is -2.32. The van der Waals surface area contributed by atoms with E-state index in [-0.39, 0.29) is 6.10 Å². The Bertz CT molecular complexity index is 898. The second-order valence-electron chi connectivity index (χ2n) is 7.11. The lowest BCUT2D eigenvalue weighted by Crippen LogP contribution is -2.34. The number of carboxylic acid groups (broad SMARTS) is 1. The maximum atomic E-state index is 10.6. The summed E-state index contributed by atoms with van der Waals surface area (Å²) < 4.78 is 38.1. The van der Waals surface area contributed by atoms with Gasteiger partial charge in [0.05, 0.1) is 0 Å². The average Bonchev–Trinajstić information content (AvgIpc) is 2.66. The summed E-state index contributed by atoms with van der Waals surface area (Å²) in [6.07, 6.45) is -0.834. The van der Waals surface area contributed by atoms with Gasteiger partial charge in [-0.1, -0.05) is 11.6 Å². The maximum Gasteiger partial charge on any atom is 0.490 e. The fourth-order valence-corrected chi connectivity index (χ4v) is 3.36. The van der Waals surface area contributed by atoms with Crippen LogP contribution in [-0.2, 0) is 4.79 Å². The zero-order valence-electron chi connectivity index (χ0n) is 16.9. The summed E-state index contributed by atoms with van der Waals surface area (Å²) in [5.74, 6) is -1.80. The molecule has 1 saturated heterocycles. The van der Waals surface area contributed by atoms with Crippen LogP contribution in [0, 0.1) is 20.8 Å². The maximum absolute atomic E-state index is 10.6. The standard InChI is InChI=1S/C19H23ClN2O.C2HF3O2/c1-12-8-15(20)10-18(17-9-14(3)22-11-13(17)2)19(12)23-16-4-6-21-7-5-16;3-2(4,5)1(6)7/h8-11,16,21H,4-7H2,1-3H3;(H,6,7). The van der Waals surface area contributed by atoms with E-state index in [1.165, 1.54) is 0 Å². The number of ether oxygens (including phenoxy) is 1. The molecule has 9 heteroatoms. The summed E-state index contributed by atoms with van der Waals surface area (Å²) in [5, 5.41) is 11.2. The Morgan fingerprint density at radius 2 is 1.73 bits per heavy atom. The number of alkyl halides is 3. The molecule has 2 aromatic rings. The highest BCUT2D eigenvalue weighted by atomic mass is 35.5. The average molecular weight is 445 g/mol. The quantitative estimate of drug-likeness (QED) is 0.689. The van der Waals surface area contributed by atoms with E-state index in [0.717, 1.165) is 64.7 Å². The van der Waals surface area contributed by atoms with Crippen LogP contribution in [0.1, 0.15) is 29.7 Å².